The summed E-state index contributed by atoms with van der Waals surface area (Å²) in [7, 11) is 0. The summed E-state index contributed by atoms with van der Waals surface area (Å²) in [6.07, 6.45) is 1.53. The summed E-state index contributed by atoms with van der Waals surface area (Å²) < 4.78 is 0. The molecule has 2 rings (SSSR count). The third-order valence-electron chi connectivity index (χ3n) is 2.65. The quantitative estimate of drug-likeness (QED) is 0.914. The topological polar surface area (TPSA) is 61.6 Å². The Balaban J connectivity index is 2.28. The number of nitrogens with zero attached hydrogens (tertiary/aromatic N) is 3. The minimum atomic E-state index is 0.147. The molecule has 2 aromatic heterocycles. The van der Waals surface area contributed by atoms with Gasteiger partial charge in [0.2, 0.25) is 0 Å². The Morgan fingerprint density at radius 3 is 2.83 bits per heavy atom. The summed E-state index contributed by atoms with van der Waals surface area (Å²) in [5, 5.41) is 22.2. The minimum absolute atomic E-state index is 0.147. The van der Waals surface area contributed by atoms with Crippen molar-refractivity contribution in [2.75, 3.05) is 5.32 Å². The number of anilines is 1. The van der Waals surface area contributed by atoms with E-state index in [1.165, 1.54) is 11.1 Å². The first-order valence-electron chi connectivity index (χ1n) is 5.74. The Kier molecular flexibility index (Phi) is 3.90. The van der Waals surface area contributed by atoms with Crippen molar-refractivity contribution in [1.29, 1.82) is 5.26 Å². The second-order valence-electron chi connectivity index (χ2n) is 4.29. The van der Waals surface area contributed by atoms with Crippen LogP contribution in [0.25, 0.3) is 0 Å². The van der Waals surface area contributed by atoms with Gasteiger partial charge in [0.25, 0.3) is 0 Å². The number of thiophene rings is 1. The van der Waals surface area contributed by atoms with Gasteiger partial charge in [-0.2, -0.15) is 10.4 Å². The van der Waals surface area contributed by atoms with Crippen molar-refractivity contribution >= 4 is 17.2 Å². The van der Waals surface area contributed by atoms with Crippen LogP contribution in [0, 0.1) is 17.2 Å². The summed E-state index contributed by atoms with van der Waals surface area (Å²) in [4.78, 5) is 1.24. The van der Waals surface area contributed by atoms with Gasteiger partial charge in [-0.1, -0.05) is 19.9 Å². The Labute approximate surface area is 110 Å². The van der Waals surface area contributed by atoms with Crippen LogP contribution >= 0.6 is 11.3 Å². The Bertz CT molecular complexity index is 542. The molecule has 0 saturated carbocycles. The van der Waals surface area contributed by atoms with Gasteiger partial charge < -0.3 is 5.32 Å². The van der Waals surface area contributed by atoms with Crippen molar-refractivity contribution in [2.45, 2.75) is 19.9 Å². The third kappa shape index (κ3) is 2.66. The number of nitriles is 1. The second-order valence-corrected chi connectivity index (χ2v) is 5.27. The monoisotopic (exact) mass is 258 g/mol. The van der Waals surface area contributed by atoms with E-state index in [9.17, 15) is 0 Å². The molecule has 1 unspecified atom stereocenters. The molecule has 0 radical (unpaired) electrons. The molecule has 0 fully saturated rings. The number of hydrogen-bond donors (Lipinski definition) is 1. The lowest BCUT2D eigenvalue weighted by Gasteiger charge is -2.21. The fourth-order valence-corrected chi connectivity index (χ4v) is 2.66. The highest BCUT2D eigenvalue weighted by Crippen LogP contribution is 2.29. The van der Waals surface area contributed by atoms with Gasteiger partial charge in [0, 0.05) is 4.88 Å². The molecule has 1 N–H and O–H groups in total. The lowest BCUT2D eigenvalue weighted by atomic mass is 10.0. The Hall–Kier alpha value is -1.93. The summed E-state index contributed by atoms with van der Waals surface area (Å²) in [6, 6.07) is 8.05. The first-order valence-corrected chi connectivity index (χ1v) is 6.62. The van der Waals surface area contributed by atoms with Crippen LogP contribution in [0.4, 0.5) is 5.82 Å². The number of nitrogens with one attached hydrogen (secondary N) is 1. The van der Waals surface area contributed by atoms with Crippen LogP contribution in [0.3, 0.4) is 0 Å². The van der Waals surface area contributed by atoms with Gasteiger partial charge in [-0.05, 0) is 23.4 Å². The maximum atomic E-state index is 9.05. The van der Waals surface area contributed by atoms with E-state index in [1.807, 2.05) is 11.4 Å². The maximum absolute atomic E-state index is 9.05. The summed E-state index contributed by atoms with van der Waals surface area (Å²) >= 11 is 1.70. The van der Waals surface area contributed by atoms with Crippen molar-refractivity contribution in [2.24, 2.45) is 5.92 Å². The van der Waals surface area contributed by atoms with E-state index in [-0.39, 0.29) is 6.04 Å². The van der Waals surface area contributed by atoms with E-state index < -0.39 is 0 Å². The van der Waals surface area contributed by atoms with Crippen molar-refractivity contribution in [3.05, 3.63) is 40.2 Å². The highest BCUT2D eigenvalue weighted by Gasteiger charge is 2.18. The minimum Gasteiger partial charge on any atom is -0.360 e. The van der Waals surface area contributed by atoms with Gasteiger partial charge in [0.05, 0.1) is 17.8 Å². The molecule has 0 amide bonds. The van der Waals surface area contributed by atoms with E-state index in [4.69, 9.17) is 5.26 Å². The molecular formula is C13H14N4S. The van der Waals surface area contributed by atoms with Gasteiger partial charge in [0.15, 0.2) is 5.82 Å². The predicted octanol–water partition coefficient (Wildman–Crippen LogP) is 3.22. The average Bonchev–Trinajstić information content (AvgIpc) is 2.89. The van der Waals surface area contributed by atoms with Gasteiger partial charge in [0.1, 0.15) is 6.07 Å². The third-order valence-corrected chi connectivity index (χ3v) is 3.61. The van der Waals surface area contributed by atoms with E-state index >= 15 is 0 Å². The van der Waals surface area contributed by atoms with Crippen LogP contribution in [0.1, 0.15) is 30.3 Å². The molecule has 0 bridgehead atoms. The standard InChI is InChI=1S/C13H14N4S/c1-9(2)12(11-4-3-7-18-11)16-13-10(8-14)5-6-15-17-13/h3-7,9,12H,1-2H3,(H,16,17). The lowest BCUT2D eigenvalue weighted by Crippen LogP contribution is -2.17. The molecule has 92 valence electrons. The van der Waals surface area contributed by atoms with Crippen LogP contribution in [0.5, 0.6) is 0 Å². The zero-order valence-corrected chi connectivity index (χ0v) is 11.1. The Morgan fingerprint density at radius 2 is 2.22 bits per heavy atom. The molecular weight excluding hydrogens is 244 g/mol. The van der Waals surface area contributed by atoms with Gasteiger partial charge >= 0.3 is 0 Å². The zero-order valence-electron chi connectivity index (χ0n) is 10.3. The first kappa shape index (κ1) is 12.5. The summed E-state index contributed by atoms with van der Waals surface area (Å²) in [5.41, 5.74) is 0.521. The molecule has 0 aromatic carbocycles. The van der Waals surface area contributed by atoms with E-state index in [2.05, 4.69) is 41.5 Å². The lowest BCUT2D eigenvalue weighted by molar-refractivity contribution is 0.551. The van der Waals surface area contributed by atoms with Gasteiger partial charge in [-0.15, -0.1) is 16.4 Å². The molecule has 2 heterocycles. The Morgan fingerprint density at radius 1 is 1.39 bits per heavy atom. The average molecular weight is 258 g/mol. The van der Waals surface area contributed by atoms with Crippen molar-refractivity contribution < 1.29 is 0 Å². The van der Waals surface area contributed by atoms with Crippen molar-refractivity contribution in [1.82, 2.24) is 10.2 Å². The fraction of sp³-hybridized carbons (Fsp3) is 0.308. The molecule has 0 spiro atoms. The van der Waals surface area contributed by atoms with Crippen LogP contribution in [-0.2, 0) is 0 Å². The molecule has 0 aliphatic heterocycles. The smallest absolute Gasteiger partial charge is 0.167 e. The van der Waals surface area contributed by atoms with Crippen molar-refractivity contribution in [3.8, 4) is 6.07 Å². The number of rotatable bonds is 4. The SMILES string of the molecule is CC(C)C(Nc1nnccc1C#N)c1cccs1. The highest BCUT2D eigenvalue weighted by molar-refractivity contribution is 7.10. The largest absolute Gasteiger partial charge is 0.360 e. The van der Waals surface area contributed by atoms with E-state index in [0.717, 1.165) is 0 Å². The molecule has 0 aliphatic rings. The van der Waals surface area contributed by atoms with Crippen LogP contribution in [-0.4, -0.2) is 10.2 Å². The second kappa shape index (κ2) is 5.61. The van der Waals surface area contributed by atoms with E-state index in [1.54, 1.807) is 17.4 Å². The van der Waals surface area contributed by atoms with Gasteiger partial charge in [-0.3, -0.25) is 0 Å². The summed E-state index contributed by atoms with van der Waals surface area (Å²) in [6.45, 7) is 4.28. The van der Waals surface area contributed by atoms with Gasteiger partial charge in [-0.25, -0.2) is 0 Å². The van der Waals surface area contributed by atoms with E-state index in [0.29, 0.717) is 17.3 Å². The molecule has 0 saturated heterocycles. The molecule has 5 heteroatoms. The molecule has 4 nitrogen and oxygen atoms in total. The maximum Gasteiger partial charge on any atom is 0.167 e. The van der Waals surface area contributed by atoms with Crippen molar-refractivity contribution in [3.63, 3.8) is 0 Å². The van der Waals surface area contributed by atoms with Crippen LogP contribution in [0.2, 0.25) is 0 Å². The summed E-state index contributed by atoms with van der Waals surface area (Å²) in [5.74, 6) is 0.948. The van der Waals surface area contributed by atoms with Crippen LogP contribution < -0.4 is 5.32 Å². The number of aromatic nitrogens is 2. The first-order chi connectivity index (χ1) is 8.72. The zero-order chi connectivity index (χ0) is 13.0. The van der Waals surface area contributed by atoms with Crippen LogP contribution in [0.15, 0.2) is 29.8 Å². The highest BCUT2D eigenvalue weighted by atomic mass is 32.1. The molecule has 1 atom stereocenters. The fourth-order valence-electron chi connectivity index (χ4n) is 1.71. The molecule has 2 aromatic rings. The molecule has 18 heavy (non-hydrogen) atoms. The number of hydrogen-bond acceptors (Lipinski definition) is 5. The predicted molar refractivity (Wildman–Crippen MR) is 72.3 cm³/mol. The molecule has 0 aliphatic carbocycles. The normalized spacial score (nSPS) is 12.1.